The van der Waals surface area contributed by atoms with Crippen molar-refractivity contribution in [2.45, 2.75) is 26.2 Å². The van der Waals surface area contributed by atoms with E-state index in [0.717, 1.165) is 13.0 Å². The predicted octanol–water partition coefficient (Wildman–Crippen LogP) is 1.54. The molecule has 6 nitrogen and oxygen atoms in total. The van der Waals surface area contributed by atoms with Crippen LogP contribution < -0.4 is 11.1 Å². The van der Waals surface area contributed by atoms with Crippen molar-refractivity contribution in [2.24, 2.45) is 0 Å². The van der Waals surface area contributed by atoms with Gasteiger partial charge in [-0.05, 0) is 6.42 Å². The maximum atomic E-state index is 5.70. The fraction of sp³-hybridized carbons (Fsp3) is 0.500. The van der Waals surface area contributed by atoms with E-state index in [9.17, 15) is 0 Å². The highest BCUT2D eigenvalue weighted by Gasteiger charge is 2.06. The molecule has 0 spiro atoms. The highest BCUT2D eigenvalue weighted by atomic mass is 15.2. The number of hydrogen-bond donors (Lipinski definition) is 3. The van der Waals surface area contributed by atoms with Gasteiger partial charge < -0.3 is 16.0 Å². The van der Waals surface area contributed by atoms with Gasteiger partial charge in [0.2, 0.25) is 5.95 Å². The van der Waals surface area contributed by atoms with Gasteiger partial charge in [-0.2, -0.15) is 4.98 Å². The minimum absolute atomic E-state index is 0.430. The van der Waals surface area contributed by atoms with E-state index >= 15 is 0 Å². The van der Waals surface area contributed by atoms with Crippen LogP contribution in [0.4, 0.5) is 11.8 Å². The van der Waals surface area contributed by atoms with E-state index in [-0.39, 0.29) is 0 Å². The SMILES string of the molecule is CCCCCNc1nc2ncnc(N)c2[nH]1. The first-order chi connectivity index (χ1) is 7.81. The maximum absolute atomic E-state index is 5.70. The number of nitrogens with two attached hydrogens (primary N) is 1. The number of aromatic amines is 1. The monoisotopic (exact) mass is 220 g/mol. The molecule has 4 N–H and O–H groups in total. The Kier molecular flexibility index (Phi) is 3.19. The maximum Gasteiger partial charge on any atom is 0.202 e. The van der Waals surface area contributed by atoms with Crippen LogP contribution in [0.25, 0.3) is 11.2 Å². The van der Waals surface area contributed by atoms with Crippen molar-refractivity contribution in [1.29, 1.82) is 0 Å². The summed E-state index contributed by atoms with van der Waals surface area (Å²) in [5.41, 5.74) is 6.99. The lowest BCUT2D eigenvalue weighted by molar-refractivity contribution is 0.741. The molecule has 0 bridgehead atoms. The fourth-order valence-electron chi connectivity index (χ4n) is 1.51. The summed E-state index contributed by atoms with van der Waals surface area (Å²) in [4.78, 5) is 15.3. The Bertz CT molecular complexity index is 463. The van der Waals surface area contributed by atoms with E-state index in [1.54, 1.807) is 0 Å². The van der Waals surface area contributed by atoms with Crippen molar-refractivity contribution in [3.8, 4) is 0 Å². The Morgan fingerprint density at radius 2 is 2.25 bits per heavy atom. The van der Waals surface area contributed by atoms with Crippen molar-refractivity contribution >= 4 is 22.9 Å². The summed E-state index contributed by atoms with van der Waals surface area (Å²) in [5, 5.41) is 3.21. The van der Waals surface area contributed by atoms with E-state index in [4.69, 9.17) is 5.73 Å². The molecule has 6 heteroatoms. The van der Waals surface area contributed by atoms with Crippen LogP contribution in [0, 0.1) is 0 Å². The van der Waals surface area contributed by atoms with Crippen LogP contribution >= 0.6 is 0 Å². The lowest BCUT2D eigenvalue weighted by Gasteiger charge is -2.00. The molecule has 0 atom stereocenters. The van der Waals surface area contributed by atoms with Gasteiger partial charge in [-0.25, -0.2) is 9.97 Å². The zero-order chi connectivity index (χ0) is 11.4. The van der Waals surface area contributed by atoms with Gasteiger partial charge in [-0.1, -0.05) is 19.8 Å². The second-order valence-electron chi connectivity index (χ2n) is 3.68. The normalized spacial score (nSPS) is 10.8. The molecule has 2 heterocycles. The van der Waals surface area contributed by atoms with Gasteiger partial charge in [0.1, 0.15) is 11.8 Å². The molecule has 0 aromatic carbocycles. The first-order valence-corrected chi connectivity index (χ1v) is 5.51. The van der Waals surface area contributed by atoms with Crippen LogP contribution in [0.15, 0.2) is 6.33 Å². The average Bonchev–Trinajstić information content (AvgIpc) is 2.69. The summed E-state index contributed by atoms with van der Waals surface area (Å²) < 4.78 is 0. The highest BCUT2D eigenvalue weighted by Crippen LogP contribution is 2.15. The average molecular weight is 220 g/mol. The molecule has 0 aliphatic rings. The van der Waals surface area contributed by atoms with Crippen LogP contribution in [0.2, 0.25) is 0 Å². The Balaban J connectivity index is 2.05. The number of H-pyrrole nitrogens is 1. The number of aromatic nitrogens is 4. The number of nitrogens with zero attached hydrogens (tertiary/aromatic N) is 3. The molecule has 0 fully saturated rings. The molecule has 2 aromatic rings. The molecule has 0 radical (unpaired) electrons. The van der Waals surface area contributed by atoms with Crippen LogP contribution in [0.1, 0.15) is 26.2 Å². The number of anilines is 2. The number of nitrogens with one attached hydrogen (secondary N) is 2. The zero-order valence-electron chi connectivity index (χ0n) is 9.32. The molecule has 0 amide bonds. The Labute approximate surface area is 93.7 Å². The zero-order valence-corrected chi connectivity index (χ0v) is 9.32. The van der Waals surface area contributed by atoms with Crippen molar-refractivity contribution < 1.29 is 0 Å². The Morgan fingerprint density at radius 1 is 1.38 bits per heavy atom. The third kappa shape index (κ3) is 2.21. The summed E-state index contributed by atoms with van der Waals surface area (Å²) in [6.45, 7) is 3.08. The standard InChI is InChI=1S/C10H16N6/c1-2-3-4-5-12-10-15-7-8(11)13-6-14-9(7)16-10/h6H,2-5H2,1H3,(H4,11,12,13,14,15,16). The van der Waals surface area contributed by atoms with Crippen molar-refractivity contribution in [3.05, 3.63) is 6.33 Å². The van der Waals surface area contributed by atoms with Gasteiger partial charge in [0.25, 0.3) is 0 Å². The van der Waals surface area contributed by atoms with Crippen LogP contribution in [-0.2, 0) is 0 Å². The van der Waals surface area contributed by atoms with Crippen LogP contribution in [0.5, 0.6) is 0 Å². The van der Waals surface area contributed by atoms with Crippen LogP contribution in [0.3, 0.4) is 0 Å². The number of imidazole rings is 1. The molecular weight excluding hydrogens is 204 g/mol. The van der Waals surface area contributed by atoms with Crippen molar-refractivity contribution in [1.82, 2.24) is 19.9 Å². The quantitative estimate of drug-likeness (QED) is 0.664. The van der Waals surface area contributed by atoms with E-state index in [2.05, 4.69) is 32.2 Å². The molecule has 2 rings (SSSR count). The first kappa shape index (κ1) is 10.7. The van der Waals surface area contributed by atoms with Gasteiger partial charge in [-0.3, -0.25) is 0 Å². The largest absolute Gasteiger partial charge is 0.382 e. The Morgan fingerprint density at radius 3 is 3.00 bits per heavy atom. The number of hydrogen-bond acceptors (Lipinski definition) is 5. The summed E-state index contributed by atoms with van der Waals surface area (Å²) in [5.74, 6) is 1.14. The topological polar surface area (TPSA) is 92.5 Å². The molecule has 16 heavy (non-hydrogen) atoms. The van der Waals surface area contributed by atoms with Gasteiger partial charge in [0, 0.05) is 6.54 Å². The molecule has 0 saturated heterocycles. The second-order valence-corrected chi connectivity index (χ2v) is 3.68. The van der Waals surface area contributed by atoms with E-state index in [1.807, 2.05) is 0 Å². The molecule has 0 aliphatic carbocycles. The summed E-state index contributed by atoms with van der Waals surface area (Å²) in [6.07, 6.45) is 4.98. The molecule has 86 valence electrons. The highest BCUT2D eigenvalue weighted by molar-refractivity contribution is 5.82. The summed E-state index contributed by atoms with van der Waals surface area (Å²) >= 11 is 0. The third-order valence-corrected chi connectivity index (χ3v) is 2.39. The van der Waals surface area contributed by atoms with E-state index in [0.29, 0.717) is 22.9 Å². The lowest BCUT2D eigenvalue weighted by Crippen LogP contribution is -2.02. The number of nitrogen functional groups attached to an aromatic ring is 1. The summed E-state index contributed by atoms with van der Waals surface area (Å²) in [6, 6.07) is 0. The van der Waals surface area contributed by atoms with Gasteiger partial charge >= 0.3 is 0 Å². The van der Waals surface area contributed by atoms with Crippen LogP contribution in [-0.4, -0.2) is 26.5 Å². The van der Waals surface area contributed by atoms with Crippen molar-refractivity contribution in [3.63, 3.8) is 0 Å². The molecule has 0 aliphatic heterocycles. The number of unbranched alkanes of at least 4 members (excludes halogenated alkanes) is 2. The molecule has 0 unspecified atom stereocenters. The molecule has 2 aromatic heterocycles. The van der Waals surface area contributed by atoms with Gasteiger partial charge in [0.05, 0.1) is 0 Å². The third-order valence-electron chi connectivity index (χ3n) is 2.39. The Hall–Kier alpha value is -1.85. The van der Waals surface area contributed by atoms with Gasteiger partial charge in [-0.15, -0.1) is 0 Å². The minimum atomic E-state index is 0.430. The van der Waals surface area contributed by atoms with E-state index in [1.165, 1.54) is 19.2 Å². The first-order valence-electron chi connectivity index (χ1n) is 5.51. The number of fused-ring (bicyclic) bond motifs is 1. The minimum Gasteiger partial charge on any atom is -0.382 e. The number of rotatable bonds is 5. The fourth-order valence-corrected chi connectivity index (χ4v) is 1.51. The molecular formula is C10H16N6. The predicted molar refractivity (Wildman–Crippen MR) is 64.1 cm³/mol. The van der Waals surface area contributed by atoms with E-state index < -0.39 is 0 Å². The smallest absolute Gasteiger partial charge is 0.202 e. The summed E-state index contributed by atoms with van der Waals surface area (Å²) in [7, 11) is 0. The van der Waals surface area contributed by atoms with Gasteiger partial charge in [0.15, 0.2) is 11.5 Å². The lowest BCUT2D eigenvalue weighted by atomic mass is 10.2. The molecule has 0 saturated carbocycles. The van der Waals surface area contributed by atoms with Crippen molar-refractivity contribution in [2.75, 3.05) is 17.6 Å². The second kappa shape index (κ2) is 4.78.